The highest BCUT2D eigenvalue weighted by Gasteiger charge is 2.24. The molecule has 158 valence electrons. The summed E-state index contributed by atoms with van der Waals surface area (Å²) in [6.45, 7) is 3.75. The van der Waals surface area contributed by atoms with E-state index in [9.17, 15) is 13.2 Å². The van der Waals surface area contributed by atoms with E-state index in [0.29, 0.717) is 23.7 Å². The van der Waals surface area contributed by atoms with Crippen LogP contribution >= 0.6 is 0 Å². The maximum absolute atomic E-state index is 12.8. The van der Waals surface area contributed by atoms with Crippen LogP contribution in [0.15, 0.2) is 36.4 Å². The van der Waals surface area contributed by atoms with Gasteiger partial charge in [-0.1, -0.05) is 18.2 Å². The molecule has 8 heteroatoms. The van der Waals surface area contributed by atoms with Gasteiger partial charge in [-0.25, -0.2) is 8.42 Å². The first kappa shape index (κ1) is 22.5. The average Bonchev–Trinajstić information content (AvgIpc) is 2.66. The second kappa shape index (κ2) is 9.17. The quantitative estimate of drug-likeness (QED) is 0.656. The molecule has 0 atom stereocenters. The van der Waals surface area contributed by atoms with Crippen LogP contribution in [0.25, 0.3) is 0 Å². The van der Waals surface area contributed by atoms with Crippen molar-refractivity contribution < 1.29 is 22.7 Å². The fourth-order valence-corrected chi connectivity index (χ4v) is 3.85. The summed E-state index contributed by atoms with van der Waals surface area (Å²) < 4.78 is 36.5. The minimum Gasteiger partial charge on any atom is -0.493 e. The first-order valence-electron chi connectivity index (χ1n) is 9.06. The van der Waals surface area contributed by atoms with Crippen molar-refractivity contribution in [3.63, 3.8) is 0 Å². The molecule has 0 N–H and O–H groups in total. The molecule has 0 bridgehead atoms. The van der Waals surface area contributed by atoms with Crippen LogP contribution in [-0.4, -0.2) is 53.3 Å². The minimum atomic E-state index is -3.63. The first-order valence-corrected chi connectivity index (χ1v) is 10.9. The lowest BCUT2D eigenvalue weighted by Crippen LogP contribution is -2.41. The summed E-state index contributed by atoms with van der Waals surface area (Å²) in [5, 5.41) is 0. The molecule has 0 heterocycles. The third kappa shape index (κ3) is 5.63. The number of aryl methyl sites for hydroxylation is 2. The van der Waals surface area contributed by atoms with Crippen molar-refractivity contribution in [1.29, 1.82) is 0 Å². The van der Waals surface area contributed by atoms with Crippen LogP contribution in [0.4, 0.5) is 5.69 Å². The number of amides is 1. The molecule has 0 fully saturated rings. The molecule has 2 rings (SSSR count). The Bertz CT molecular complexity index is 989. The fraction of sp³-hybridized carbons (Fsp3) is 0.381. The lowest BCUT2D eigenvalue weighted by atomic mass is 10.1. The molecule has 0 aromatic heterocycles. The fourth-order valence-electron chi connectivity index (χ4n) is 2.95. The minimum absolute atomic E-state index is 0.271. The zero-order valence-electron chi connectivity index (χ0n) is 17.7. The monoisotopic (exact) mass is 420 g/mol. The van der Waals surface area contributed by atoms with Crippen LogP contribution in [0.1, 0.15) is 16.7 Å². The van der Waals surface area contributed by atoms with Gasteiger partial charge in [0.25, 0.3) is 0 Å². The van der Waals surface area contributed by atoms with Gasteiger partial charge in [-0.05, 0) is 48.7 Å². The van der Waals surface area contributed by atoms with E-state index in [4.69, 9.17) is 9.47 Å². The van der Waals surface area contributed by atoms with E-state index < -0.39 is 10.0 Å². The lowest BCUT2D eigenvalue weighted by Gasteiger charge is -2.27. The Kier molecular flexibility index (Phi) is 7.13. The van der Waals surface area contributed by atoms with Crippen molar-refractivity contribution >= 4 is 21.6 Å². The Hall–Kier alpha value is -2.74. The number of hydrogen-bond donors (Lipinski definition) is 0. The van der Waals surface area contributed by atoms with Crippen LogP contribution in [0.3, 0.4) is 0 Å². The molecule has 0 saturated heterocycles. The first-order chi connectivity index (χ1) is 13.6. The highest BCUT2D eigenvalue weighted by molar-refractivity contribution is 7.92. The molecule has 0 saturated carbocycles. The Morgan fingerprint density at radius 1 is 1.00 bits per heavy atom. The number of carbonyl (C=O) groups is 1. The molecule has 0 unspecified atom stereocenters. The summed E-state index contributed by atoms with van der Waals surface area (Å²) in [5.41, 5.74) is 3.07. The molecular weight excluding hydrogens is 392 g/mol. The number of nitrogens with zero attached hydrogens (tertiary/aromatic N) is 2. The number of benzene rings is 2. The van der Waals surface area contributed by atoms with Crippen LogP contribution in [0.5, 0.6) is 11.5 Å². The number of hydrogen-bond acceptors (Lipinski definition) is 5. The highest BCUT2D eigenvalue weighted by atomic mass is 32.2. The van der Waals surface area contributed by atoms with E-state index in [1.807, 2.05) is 32.0 Å². The lowest BCUT2D eigenvalue weighted by molar-refractivity contribution is -0.128. The summed E-state index contributed by atoms with van der Waals surface area (Å²) >= 11 is 0. The van der Waals surface area contributed by atoms with Gasteiger partial charge in [0.2, 0.25) is 15.9 Å². The van der Waals surface area contributed by atoms with Crippen LogP contribution < -0.4 is 13.8 Å². The summed E-state index contributed by atoms with van der Waals surface area (Å²) in [4.78, 5) is 14.3. The smallest absolute Gasteiger partial charge is 0.243 e. The predicted molar refractivity (Wildman–Crippen MR) is 114 cm³/mol. The Morgan fingerprint density at radius 2 is 1.66 bits per heavy atom. The Balaban J connectivity index is 2.22. The van der Waals surface area contributed by atoms with E-state index in [1.54, 1.807) is 39.5 Å². The van der Waals surface area contributed by atoms with Crippen LogP contribution in [0.2, 0.25) is 0 Å². The number of ether oxygens (including phenoxy) is 2. The van der Waals surface area contributed by atoms with Crippen LogP contribution in [0, 0.1) is 13.8 Å². The maximum atomic E-state index is 12.8. The van der Waals surface area contributed by atoms with Gasteiger partial charge in [0.05, 0.1) is 26.2 Å². The summed E-state index contributed by atoms with van der Waals surface area (Å²) in [5.74, 6) is 0.855. The third-order valence-corrected chi connectivity index (χ3v) is 5.73. The topological polar surface area (TPSA) is 76.2 Å². The molecule has 0 aliphatic heterocycles. The standard InChI is InChI=1S/C21H28N2O5S/c1-15-7-8-16(2)18(11-15)23(29(6,25)26)14-21(24)22(3)13-17-9-10-19(27-4)20(12-17)28-5/h7-12H,13-14H2,1-6H3. The van der Waals surface area contributed by atoms with Crippen molar-refractivity contribution in [2.75, 3.05) is 38.4 Å². The number of carbonyl (C=O) groups excluding carboxylic acids is 1. The predicted octanol–water partition coefficient (Wildman–Crippen LogP) is 2.75. The van der Waals surface area contributed by atoms with E-state index in [2.05, 4.69) is 0 Å². The molecule has 0 aliphatic rings. The number of anilines is 1. The number of rotatable bonds is 8. The normalized spacial score (nSPS) is 11.1. The zero-order valence-corrected chi connectivity index (χ0v) is 18.5. The number of likely N-dealkylation sites (N-methyl/N-ethyl adjacent to an activating group) is 1. The van der Waals surface area contributed by atoms with Crippen LogP contribution in [-0.2, 0) is 21.4 Å². The number of methoxy groups -OCH3 is 2. The molecule has 2 aromatic rings. The SMILES string of the molecule is COc1ccc(CN(C)C(=O)CN(c2cc(C)ccc2C)S(C)(=O)=O)cc1OC. The van der Waals surface area contributed by atoms with Gasteiger partial charge < -0.3 is 14.4 Å². The Morgan fingerprint density at radius 3 is 2.24 bits per heavy atom. The summed E-state index contributed by atoms with van der Waals surface area (Å²) in [6.07, 6.45) is 1.11. The van der Waals surface area contributed by atoms with Gasteiger partial charge in [0, 0.05) is 13.6 Å². The summed E-state index contributed by atoms with van der Waals surface area (Å²) in [7, 11) is 1.11. The second-order valence-electron chi connectivity index (χ2n) is 7.00. The van der Waals surface area contributed by atoms with Crippen molar-refractivity contribution in [3.8, 4) is 11.5 Å². The van der Waals surface area contributed by atoms with Crippen molar-refractivity contribution in [2.24, 2.45) is 0 Å². The van der Waals surface area contributed by atoms with Gasteiger partial charge in [-0.3, -0.25) is 9.10 Å². The molecule has 7 nitrogen and oxygen atoms in total. The van der Waals surface area contributed by atoms with E-state index >= 15 is 0 Å². The van der Waals surface area contributed by atoms with E-state index in [-0.39, 0.29) is 12.5 Å². The van der Waals surface area contributed by atoms with E-state index in [0.717, 1.165) is 27.3 Å². The average molecular weight is 421 g/mol. The molecular formula is C21H28N2O5S. The van der Waals surface area contributed by atoms with Gasteiger partial charge in [-0.15, -0.1) is 0 Å². The highest BCUT2D eigenvalue weighted by Crippen LogP contribution is 2.28. The molecule has 1 amide bonds. The third-order valence-electron chi connectivity index (χ3n) is 4.61. The second-order valence-corrected chi connectivity index (χ2v) is 8.91. The van der Waals surface area contributed by atoms with Gasteiger partial charge in [0.15, 0.2) is 11.5 Å². The summed E-state index contributed by atoms with van der Waals surface area (Å²) in [6, 6.07) is 10.9. The molecule has 2 aromatic carbocycles. The molecule has 0 spiro atoms. The maximum Gasteiger partial charge on any atom is 0.243 e. The molecule has 0 radical (unpaired) electrons. The molecule has 29 heavy (non-hydrogen) atoms. The van der Waals surface area contributed by atoms with Crippen molar-refractivity contribution in [1.82, 2.24) is 4.90 Å². The van der Waals surface area contributed by atoms with E-state index in [1.165, 1.54) is 4.90 Å². The van der Waals surface area contributed by atoms with Gasteiger partial charge in [0.1, 0.15) is 6.54 Å². The molecule has 0 aliphatic carbocycles. The van der Waals surface area contributed by atoms with Crippen molar-refractivity contribution in [2.45, 2.75) is 20.4 Å². The van der Waals surface area contributed by atoms with Gasteiger partial charge >= 0.3 is 0 Å². The Labute approximate surface area is 172 Å². The van der Waals surface area contributed by atoms with Crippen molar-refractivity contribution in [3.05, 3.63) is 53.1 Å². The largest absolute Gasteiger partial charge is 0.493 e. The zero-order chi connectivity index (χ0) is 21.8. The van der Waals surface area contributed by atoms with Gasteiger partial charge in [-0.2, -0.15) is 0 Å². The number of sulfonamides is 1.